The lowest BCUT2D eigenvalue weighted by atomic mass is 10.1. The highest BCUT2D eigenvalue weighted by Crippen LogP contribution is 2.21. The fourth-order valence-electron chi connectivity index (χ4n) is 2.98. The van der Waals surface area contributed by atoms with Gasteiger partial charge < -0.3 is 4.74 Å². The number of carbonyl (C=O) groups is 1. The number of hydrogen-bond acceptors (Lipinski definition) is 3. The van der Waals surface area contributed by atoms with Gasteiger partial charge in [0.2, 0.25) is 0 Å². The summed E-state index contributed by atoms with van der Waals surface area (Å²) in [7, 11) is 1.89. The Balaban J connectivity index is 1.47. The zero-order chi connectivity index (χ0) is 16.5. The Kier molecular flexibility index (Phi) is 3.54. The first-order valence-electron chi connectivity index (χ1n) is 7.82. The summed E-state index contributed by atoms with van der Waals surface area (Å²) in [6, 6.07) is 15.9. The topological polar surface area (TPSA) is 47.4 Å². The number of hydrogen-bond donors (Lipinski definition) is 0. The highest BCUT2D eigenvalue weighted by atomic mass is 16.6. The minimum absolute atomic E-state index is 0.159. The number of para-hydroxylation sites is 1. The summed E-state index contributed by atoms with van der Waals surface area (Å²) in [5.74, 6) is 0. The number of amides is 1. The molecule has 120 valence electrons. The molecular formula is C19H17N3O2. The predicted octanol–water partition coefficient (Wildman–Crippen LogP) is 3.70. The molecule has 5 heteroatoms. The zero-order valence-corrected chi connectivity index (χ0v) is 13.3. The Morgan fingerprint density at radius 2 is 1.96 bits per heavy atom. The van der Waals surface area contributed by atoms with Gasteiger partial charge in [0.15, 0.2) is 0 Å². The molecule has 3 aromatic rings. The SMILES string of the molecule is Cn1nc(COC(=O)N2C=Cc3ccccc3C2)c2ccccc21. The van der Waals surface area contributed by atoms with Gasteiger partial charge in [-0.15, -0.1) is 0 Å². The molecule has 1 aromatic heterocycles. The van der Waals surface area contributed by atoms with E-state index in [1.807, 2.05) is 61.7 Å². The van der Waals surface area contributed by atoms with Crippen LogP contribution in [-0.4, -0.2) is 20.8 Å². The fourth-order valence-corrected chi connectivity index (χ4v) is 2.98. The van der Waals surface area contributed by atoms with Crippen molar-refractivity contribution in [2.24, 2.45) is 7.05 Å². The largest absolute Gasteiger partial charge is 0.443 e. The highest BCUT2D eigenvalue weighted by molar-refractivity contribution is 5.82. The Bertz CT molecular complexity index is 943. The molecule has 0 radical (unpaired) electrons. The molecule has 4 rings (SSSR count). The van der Waals surface area contributed by atoms with Crippen LogP contribution in [0.5, 0.6) is 0 Å². The van der Waals surface area contributed by atoms with Gasteiger partial charge in [-0.05, 0) is 23.3 Å². The quantitative estimate of drug-likeness (QED) is 0.723. The Morgan fingerprint density at radius 3 is 2.88 bits per heavy atom. The number of fused-ring (bicyclic) bond motifs is 2. The normalized spacial score (nSPS) is 13.1. The summed E-state index contributed by atoms with van der Waals surface area (Å²) >= 11 is 0. The summed E-state index contributed by atoms with van der Waals surface area (Å²) in [4.78, 5) is 13.9. The van der Waals surface area contributed by atoms with E-state index in [1.165, 1.54) is 0 Å². The van der Waals surface area contributed by atoms with Crippen LogP contribution in [0.3, 0.4) is 0 Å². The second-order valence-electron chi connectivity index (χ2n) is 5.78. The maximum Gasteiger partial charge on any atom is 0.414 e. The number of carbonyl (C=O) groups excluding carboxylic acids is 1. The number of aromatic nitrogens is 2. The third-order valence-electron chi connectivity index (χ3n) is 4.23. The lowest BCUT2D eigenvalue weighted by Gasteiger charge is -2.22. The molecule has 0 atom stereocenters. The average molecular weight is 319 g/mol. The molecule has 2 aromatic carbocycles. The van der Waals surface area contributed by atoms with Crippen LogP contribution in [-0.2, 0) is 24.9 Å². The summed E-state index contributed by atoms with van der Waals surface area (Å²) < 4.78 is 7.27. The van der Waals surface area contributed by atoms with Crippen LogP contribution < -0.4 is 0 Å². The molecule has 0 spiro atoms. The molecule has 0 saturated heterocycles. The van der Waals surface area contributed by atoms with Crippen molar-refractivity contribution >= 4 is 23.1 Å². The molecule has 0 N–H and O–H groups in total. The lowest BCUT2D eigenvalue weighted by molar-refractivity contribution is 0.108. The van der Waals surface area contributed by atoms with E-state index in [0.717, 1.165) is 27.7 Å². The first-order chi connectivity index (χ1) is 11.7. The monoisotopic (exact) mass is 319 g/mol. The average Bonchev–Trinajstić information content (AvgIpc) is 2.95. The highest BCUT2D eigenvalue weighted by Gasteiger charge is 2.18. The summed E-state index contributed by atoms with van der Waals surface area (Å²) in [6.07, 6.45) is 3.33. The fraction of sp³-hybridized carbons (Fsp3) is 0.158. The Hall–Kier alpha value is -3.08. The standard InChI is InChI=1S/C19H17N3O2/c1-21-18-9-5-4-8-16(18)17(20-21)13-24-19(23)22-11-10-14-6-2-3-7-15(14)12-22/h2-11H,12-13H2,1H3. The number of benzene rings is 2. The van der Waals surface area contributed by atoms with Gasteiger partial charge in [-0.2, -0.15) is 5.10 Å². The lowest BCUT2D eigenvalue weighted by Crippen LogP contribution is -2.28. The van der Waals surface area contributed by atoms with E-state index in [9.17, 15) is 4.79 Å². The third-order valence-corrected chi connectivity index (χ3v) is 4.23. The van der Waals surface area contributed by atoms with E-state index >= 15 is 0 Å². The molecule has 5 nitrogen and oxygen atoms in total. The van der Waals surface area contributed by atoms with Crippen LogP contribution in [0.25, 0.3) is 17.0 Å². The second-order valence-corrected chi connectivity index (χ2v) is 5.78. The van der Waals surface area contributed by atoms with Crippen molar-refractivity contribution in [2.75, 3.05) is 0 Å². The van der Waals surface area contributed by atoms with Crippen molar-refractivity contribution in [2.45, 2.75) is 13.2 Å². The van der Waals surface area contributed by atoms with Crippen LogP contribution in [0.1, 0.15) is 16.8 Å². The number of nitrogens with zero attached hydrogens (tertiary/aromatic N) is 3. The molecule has 1 aliphatic heterocycles. The van der Waals surface area contributed by atoms with Gasteiger partial charge in [-0.1, -0.05) is 42.5 Å². The van der Waals surface area contributed by atoms with Crippen molar-refractivity contribution in [1.29, 1.82) is 0 Å². The molecule has 0 fully saturated rings. The van der Waals surface area contributed by atoms with Gasteiger partial charge in [0.05, 0.1) is 12.1 Å². The molecule has 24 heavy (non-hydrogen) atoms. The number of rotatable bonds is 2. The predicted molar refractivity (Wildman–Crippen MR) is 91.9 cm³/mol. The first kappa shape index (κ1) is 14.5. The van der Waals surface area contributed by atoms with Gasteiger partial charge in [-0.25, -0.2) is 4.79 Å². The summed E-state index contributed by atoms with van der Waals surface area (Å²) in [5.41, 5.74) is 4.04. The van der Waals surface area contributed by atoms with Gasteiger partial charge in [-0.3, -0.25) is 9.58 Å². The van der Waals surface area contributed by atoms with E-state index < -0.39 is 0 Å². The van der Waals surface area contributed by atoms with E-state index in [-0.39, 0.29) is 12.7 Å². The van der Waals surface area contributed by atoms with Crippen molar-refractivity contribution < 1.29 is 9.53 Å². The first-order valence-corrected chi connectivity index (χ1v) is 7.82. The molecule has 2 heterocycles. The van der Waals surface area contributed by atoms with Gasteiger partial charge in [0.1, 0.15) is 12.3 Å². The summed E-state index contributed by atoms with van der Waals surface area (Å²) in [6.45, 7) is 0.681. The Morgan fingerprint density at radius 1 is 1.17 bits per heavy atom. The minimum atomic E-state index is -0.365. The van der Waals surface area contributed by atoms with E-state index in [1.54, 1.807) is 15.8 Å². The second kappa shape index (κ2) is 5.85. The van der Waals surface area contributed by atoms with E-state index in [0.29, 0.717) is 6.54 Å². The Labute approximate surface area is 139 Å². The van der Waals surface area contributed by atoms with E-state index in [4.69, 9.17) is 4.74 Å². The van der Waals surface area contributed by atoms with Gasteiger partial charge in [0, 0.05) is 18.6 Å². The summed E-state index contributed by atoms with van der Waals surface area (Å²) in [5, 5.41) is 5.45. The number of ether oxygens (including phenoxy) is 1. The van der Waals surface area contributed by atoms with Crippen LogP contribution in [0.2, 0.25) is 0 Å². The van der Waals surface area contributed by atoms with E-state index in [2.05, 4.69) is 5.10 Å². The molecular weight excluding hydrogens is 302 g/mol. The van der Waals surface area contributed by atoms with Crippen molar-refractivity contribution in [1.82, 2.24) is 14.7 Å². The minimum Gasteiger partial charge on any atom is -0.443 e. The van der Waals surface area contributed by atoms with Crippen LogP contribution in [0.15, 0.2) is 54.7 Å². The van der Waals surface area contributed by atoms with Crippen LogP contribution >= 0.6 is 0 Å². The van der Waals surface area contributed by atoms with Crippen LogP contribution in [0.4, 0.5) is 4.79 Å². The molecule has 0 aliphatic carbocycles. The van der Waals surface area contributed by atoms with Crippen molar-refractivity contribution in [3.8, 4) is 0 Å². The third kappa shape index (κ3) is 2.54. The van der Waals surface area contributed by atoms with Crippen molar-refractivity contribution in [3.05, 3.63) is 71.6 Å². The van der Waals surface area contributed by atoms with Crippen LogP contribution in [0, 0.1) is 0 Å². The maximum absolute atomic E-state index is 12.3. The number of aryl methyl sites for hydroxylation is 1. The molecule has 1 aliphatic rings. The smallest absolute Gasteiger partial charge is 0.414 e. The van der Waals surface area contributed by atoms with Crippen molar-refractivity contribution in [3.63, 3.8) is 0 Å². The molecule has 0 bridgehead atoms. The maximum atomic E-state index is 12.3. The molecule has 0 unspecified atom stereocenters. The van der Waals surface area contributed by atoms with Gasteiger partial charge >= 0.3 is 6.09 Å². The molecule has 0 saturated carbocycles. The zero-order valence-electron chi connectivity index (χ0n) is 13.3. The van der Waals surface area contributed by atoms with Gasteiger partial charge in [0.25, 0.3) is 0 Å². The molecule has 1 amide bonds.